The third kappa shape index (κ3) is 2.56. The van der Waals surface area contributed by atoms with Crippen LogP contribution in [0, 0.1) is 0 Å². The van der Waals surface area contributed by atoms with E-state index in [0.29, 0.717) is 6.04 Å². The Balaban J connectivity index is 1.48. The number of fused-ring (bicyclic) bond motifs is 3. The van der Waals surface area contributed by atoms with Crippen molar-refractivity contribution in [3.63, 3.8) is 0 Å². The molecule has 2 aromatic rings. The molecule has 0 N–H and O–H groups in total. The summed E-state index contributed by atoms with van der Waals surface area (Å²) < 4.78 is 0. The summed E-state index contributed by atoms with van der Waals surface area (Å²) in [5.74, 6) is 0. The predicted molar refractivity (Wildman–Crippen MR) is 87.6 cm³/mol. The zero-order valence-corrected chi connectivity index (χ0v) is 12.4. The first-order valence-electron chi connectivity index (χ1n) is 8.01. The van der Waals surface area contributed by atoms with Crippen molar-refractivity contribution in [3.05, 3.63) is 65.7 Å². The van der Waals surface area contributed by atoms with Crippen LogP contribution in [0.25, 0.3) is 0 Å². The van der Waals surface area contributed by atoms with E-state index in [4.69, 9.17) is 0 Å². The van der Waals surface area contributed by atoms with Gasteiger partial charge < -0.3 is 4.90 Å². The number of hydrogen-bond donors (Lipinski definition) is 0. The first-order valence-corrected chi connectivity index (χ1v) is 8.01. The van der Waals surface area contributed by atoms with Crippen LogP contribution in [0.4, 0.5) is 5.69 Å². The number of piperazine rings is 1. The fourth-order valence-electron chi connectivity index (χ4n) is 3.79. The van der Waals surface area contributed by atoms with Crippen LogP contribution in [0.5, 0.6) is 0 Å². The third-order valence-electron chi connectivity index (χ3n) is 4.86. The standard InChI is InChI=1S/C19H22N2/c1-2-6-16(7-3-1)14-20-12-13-21-18(15-20)11-10-17-8-4-5-9-19(17)21/h1-9,18H,10-15H2. The molecule has 0 bridgehead atoms. The van der Waals surface area contributed by atoms with E-state index in [2.05, 4.69) is 64.4 Å². The largest absolute Gasteiger partial charge is 0.366 e. The fraction of sp³-hybridized carbons (Fsp3) is 0.368. The average molecular weight is 278 g/mol. The van der Waals surface area contributed by atoms with E-state index >= 15 is 0 Å². The first kappa shape index (κ1) is 12.9. The van der Waals surface area contributed by atoms with Gasteiger partial charge in [-0.25, -0.2) is 0 Å². The van der Waals surface area contributed by atoms with Gasteiger partial charge >= 0.3 is 0 Å². The third-order valence-corrected chi connectivity index (χ3v) is 4.86. The highest BCUT2D eigenvalue weighted by molar-refractivity contribution is 5.57. The lowest BCUT2D eigenvalue weighted by atomic mass is 9.94. The van der Waals surface area contributed by atoms with Crippen LogP contribution in [0.1, 0.15) is 17.5 Å². The molecule has 1 unspecified atom stereocenters. The van der Waals surface area contributed by atoms with Crippen LogP contribution in [-0.2, 0) is 13.0 Å². The minimum absolute atomic E-state index is 0.692. The Morgan fingerprint density at radius 2 is 1.71 bits per heavy atom. The minimum atomic E-state index is 0.692. The molecule has 0 radical (unpaired) electrons. The highest BCUT2D eigenvalue weighted by Crippen LogP contribution is 2.32. The molecule has 0 amide bonds. The van der Waals surface area contributed by atoms with E-state index < -0.39 is 0 Å². The number of aryl methyl sites for hydroxylation is 1. The van der Waals surface area contributed by atoms with E-state index in [0.717, 1.165) is 13.1 Å². The van der Waals surface area contributed by atoms with E-state index in [9.17, 15) is 0 Å². The van der Waals surface area contributed by atoms with Gasteiger partial charge in [-0.15, -0.1) is 0 Å². The van der Waals surface area contributed by atoms with Crippen molar-refractivity contribution >= 4 is 5.69 Å². The normalized spacial score (nSPS) is 21.7. The monoisotopic (exact) mass is 278 g/mol. The van der Waals surface area contributed by atoms with Gasteiger partial charge in [0.2, 0.25) is 0 Å². The molecule has 108 valence electrons. The highest BCUT2D eigenvalue weighted by Gasteiger charge is 2.31. The average Bonchev–Trinajstić information content (AvgIpc) is 2.55. The summed E-state index contributed by atoms with van der Waals surface area (Å²) in [4.78, 5) is 5.25. The van der Waals surface area contributed by atoms with Crippen molar-refractivity contribution in [1.82, 2.24) is 4.90 Å². The summed E-state index contributed by atoms with van der Waals surface area (Å²) in [6.07, 6.45) is 2.53. The number of benzene rings is 2. The van der Waals surface area contributed by atoms with Gasteiger partial charge in [0.05, 0.1) is 0 Å². The van der Waals surface area contributed by atoms with Gasteiger partial charge in [0.25, 0.3) is 0 Å². The second kappa shape index (κ2) is 5.53. The van der Waals surface area contributed by atoms with Crippen molar-refractivity contribution in [3.8, 4) is 0 Å². The van der Waals surface area contributed by atoms with Gasteiger partial charge in [0.15, 0.2) is 0 Å². The summed E-state index contributed by atoms with van der Waals surface area (Å²) >= 11 is 0. The number of rotatable bonds is 2. The van der Waals surface area contributed by atoms with Crippen molar-refractivity contribution in [2.24, 2.45) is 0 Å². The van der Waals surface area contributed by atoms with Gasteiger partial charge in [-0.1, -0.05) is 48.5 Å². The fourth-order valence-corrected chi connectivity index (χ4v) is 3.79. The lowest BCUT2D eigenvalue weighted by Crippen LogP contribution is -2.54. The molecule has 2 aliphatic heterocycles. The number of nitrogens with zero attached hydrogens (tertiary/aromatic N) is 2. The summed E-state index contributed by atoms with van der Waals surface area (Å²) in [5.41, 5.74) is 4.44. The van der Waals surface area contributed by atoms with E-state index in [1.165, 1.54) is 42.7 Å². The number of hydrogen-bond acceptors (Lipinski definition) is 2. The minimum Gasteiger partial charge on any atom is -0.366 e. The van der Waals surface area contributed by atoms with Crippen molar-refractivity contribution < 1.29 is 0 Å². The van der Waals surface area contributed by atoms with Crippen LogP contribution in [0.3, 0.4) is 0 Å². The van der Waals surface area contributed by atoms with Gasteiger partial charge in [0.1, 0.15) is 0 Å². The molecule has 1 atom stereocenters. The van der Waals surface area contributed by atoms with Gasteiger partial charge in [-0.05, 0) is 30.0 Å². The zero-order valence-electron chi connectivity index (χ0n) is 12.4. The van der Waals surface area contributed by atoms with E-state index in [1.54, 1.807) is 0 Å². The van der Waals surface area contributed by atoms with Gasteiger partial charge in [-0.3, -0.25) is 4.90 Å². The van der Waals surface area contributed by atoms with Crippen LogP contribution in [0.2, 0.25) is 0 Å². The van der Waals surface area contributed by atoms with Crippen molar-refractivity contribution in [1.29, 1.82) is 0 Å². The molecular formula is C19H22N2. The molecule has 0 spiro atoms. The van der Waals surface area contributed by atoms with Crippen LogP contribution < -0.4 is 4.90 Å². The van der Waals surface area contributed by atoms with Gasteiger partial charge in [0, 0.05) is 37.9 Å². The van der Waals surface area contributed by atoms with Crippen LogP contribution in [0.15, 0.2) is 54.6 Å². The summed E-state index contributed by atoms with van der Waals surface area (Å²) in [7, 11) is 0. The molecular weight excluding hydrogens is 256 g/mol. The first-order chi connectivity index (χ1) is 10.4. The maximum absolute atomic E-state index is 2.64. The zero-order chi connectivity index (χ0) is 14.1. The van der Waals surface area contributed by atoms with Crippen molar-refractivity contribution in [2.45, 2.75) is 25.4 Å². The Bertz CT molecular complexity index is 608. The Morgan fingerprint density at radius 1 is 0.905 bits per heavy atom. The summed E-state index contributed by atoms with van der Waals surface area (Å²) in [6.45, 7) is 4.62. The second-order valence-corrected chi connectivity index (χ2v) is 6.24. The number of para-hydroxylation sites is 1. The predicted octanol–water partition coefficient (Wildman–Crippen LogP) is 3.32. The summed E-state index contributed by atoms with van der Waals surface area (Å²) in [6, 6.07) is 20.5. The Kier molecular flexibility index (Phi) is 3.40. The van der Waals surface area contributed by atoms with E-state index in [1.807, 2.05) is 0 Å². The van der Waals surface area contributed by atoms with E-state index in [-0.39, 0.29) is 0 Å². The van der Waals surface area contributed by atoms with Crippen LogP contribution in [-0.4, -0.2) is 30.6 Å². The molecule has 0 saturated carbocycles. The molecule has 0 aromatic heterocycles. The quantitative estimate of drug-likeness (QED) is 0.831. The van der Waals surface area contributed by atoms with Crippen molar-refractivity contribution in [2.75, 3.05) is 24.5 Å². The Labute approximate surface area is 127 Å². The molecule has 0 aliphatic carbocycles. The maximum atomic E-state index is 2.64. The van der Waals surface area contributed by atoms with Gasteiger partial charge in [-0.2, -0.15) is 0 Å². The smallest absolute Gasteiger partial charge is 0.0421 e. The molecule has 2 aliphatic rings. The molecule has 2 nitrogen and oxygen atoms in total. The maximum Gasteiger partial charge on any atom is 0.0421 e. The molecule has 2 aromatic carbocycles. The molecule has 1 saturated heterocycles. The molecule has 21 heavy (non-hydrogen) atoms. The topological polar surface area (TPSA) is 6.48 Å². The second-order valence-electron chi connectivity index (χ2n) is 6.24. The molecule has 1 fully saturated rings. The Morgan fingerprint density at radius 3 is 2.62 bits per heavy atom. The summed E-state index contributed by atoms with van der Waals surface area (Å²) in [5, 5.41) is 0. The van der Waals surface area contributed by atoms with Crippen LogP contribution >= 0.6 is 0 Å². The molecule has 2 heterocycles. The SMILES string of the molecule is c1ccc(CN2CCN3c4ccccc4CCC3C2)cc1. The molecule has 2 heteroatoms. The lowest BCUT2D eigenvalue weighted by molar-refractivity contribution is 0.207. The Hall–Kier alpha value is -1.80. The lowest BCUT2D eigenvalue weighted by Gasteiger charge is -2.46. The highest BCUT2D eigenvalue weighted by atomic mass is 15.3. The molecule has 4 rings (SSSR count). The number of anilines is 1.